The predicted molar refractivity (Wildman–Crippen MR) is 73.7 cm³/mol. The fourth-order valence-electron chi connectivity index (χ4n) is 5.02. The highest BCUT2D eigenvalue weighted by atomic mass is 35.5. The van der Waals surface area contributed by atoms with Crippen molar-refractivity contribution in [2.24, 2.45) is 17.8 Å². The van der Waals surface area contributed by atoms with Crippen molar-refractivity contribution in [3.05, 3.63) is 12.2 Å². The van der Waals surface area contributed by atoms with E-state index >= 15 is 0 Å². The van der Waals surface area contributed by atoms with Crippen molar-refractivity contribution < 1.29 is 24.5 Å². The number of hydrogen-bond donors (Lipinski definition) is 2. The molecule has 2 saturated carbocycles. The van der Waals surface area contributed by atoms with E-state index in [9.17, 15) is 15.0 Å². The molecule has 4 fully saturated rings. The molecule has 1 unspecified atom stereocenters. The van der Waals surface area contributed by atoms with Gasteiger partial charge in [0.2, 0.25) is 0 Å². The van der Waals surface area contributed by atoms with Gasteiger partial charge in [0.05, 0.1) is 23.0 Å². The van der Waals surface area contributed by atoms with Crippen LogP contribution in [-0.2, 0) is 14.3 Å². The molecular weight excluding hydrogens is 296 g/mol. The van der Waals surface area contributed by atoms with Crippen LogP contribution in [0.25, 0.3) is 0 Å². The van der Waals surface area contributed by atoms with Crippen LogP contribution in [0.2, 0.25) is 0 Å². The molecular formula is C15H19ClO5. The summed E-state index contributed by atoms with van der Waals surface area (Å²) < 4.78 is 11.3. The van der Waals surface area contributed by atoms with Gasteiger partial charge in [0, 0.05) is 17.4 Å². The number of halogens is 1. The zero-order chi connectivity index (χ0) is 15.3. The molecule has 0 radical (unpaired) electrons. The van der Waals surface area contributed by atoms with Crippen LogP contribution in [0.3, 0.4) is 0 Å². The first kappa shape index (κ1) is 14.0. The lowest BCUT2D eigenvalue weighted by Gasteiger charge is -2.46. The van der Waals surface area contributed by atoms with Crippen LogP contribution in [0.15, 0.2) is 12.2 Å². The summed E-state index contributed by atoms with van der Waals surface area (Å²) in [4.78, 5) is 11.9. The number of fused-ring (bicyclic) bond motifs is 2. The molecule has 0 aromatic rings. The van der Waals surface area contributed by atoms with Gasteiger partial charge in [0.1, 0.15) is 17.8 Å². The molecule has 0 bridgehead atoms. The van der Waals surface area contributed by atoms with Crippen molar-refractivity contribution in [1.29, 1.82) is 0 Å². The molecule has 21 heavy (non-hydrogen) atoms. The highest BCUT2D eigenvalue weighted by Gasteiger charge is 2.84. The summed E-state index contributed by atoms with van der Waals surface area (Å²) in [5.41, 5.74) is -1.46. The second kappa shape index (κ2) is 3.82. The van der Waals surface area contributed by atoms with Crippen molar-refractivity contribution in [3.8, 4) is 0 Å². The van der Waals surface area contributed by atoms with E-state index in [-0.39, 0.29) is 17.9 Å². The SMILES string of the molecule is C=C1C(=O)O[C@H]2[C@H]1C[C@@H](C(C)O)[C@@]13O[C@@H]1[C@@H](Cl)[C@](C)(O)[C@H]23. The number of carbonyl (C=O) groups excluding carboxylic acids is 1. The van der Waals surface area contributed by atoms with E-state index in [0.29, 0.717) is 12.0 Å². The standard InChI is InChI=1S/C15H19ClO5/c1-5-7-4-8(6(2)17)15-10(9(7)20-13(5)18)14(3,19)11(16)12(15)21-15/h6-12,17,19H,1,4H2,2-3H3/t6?,7-,8-,9-,10-,11+,12+,14+,15-/m0/s1. The Labute approximate surface area is 127 Å². The van der Waals surface area contributed by atoms with Gasteiger partial charge in [0.15, 0.2) is 0 Å². The third kappa shape index (κ3) is 1.41. The van der Waals surface area contributed by atoms with E-state index in [1.54, 1.807) is 13.8 Å². The molecule has 4 aliphatic rings. The lowest BCUT2D eigenvalue weighted by molar-refractivity contribution is -0.164. The monoisotopic (exact) mass is 314 g/mol. The van der Waals surface area contributed by atoms with Crippen molar-refractivity contribution in [3.63, 3.8) is 0 Å². The summed E-state index contributed by atoms with van der Waals surface area (Å²) in [7, 11) is 0. The number of epoxide rings is 1. The number of carbonyl (C=O) groups is 1. The predicted octanol–water partition coefficient (Wildman–Crippen LogP) is 0.611. The van der Waals surface area contributed by atoms with Gasteiger partial charge in [0.25, 0.3) is 0 Å². The van der Waals surface area contributed by atoms with Crippen LogP contribution in [0, 0.1) is 17.8 Å². The Morgan fingerprint density at radius 1 is 1.52 bits per heavy atom. The van der Waals surface area contributed by atoms with Gasteiger partial charge >= 0.3 is 5.97 Å². The van der Waals surface area contributed by atoms with Gasteiger partial charge in [-0.2, -0.15) is 0 Å². The van der Waals surface area contributed by atoms with E-state index in [2.05, 4.69) is 6.58 Å². The van der Waals surface area contributed by atoms with E-state index < -0.39 is 40.7 Å². The number of ether oxygens (including phenoxy) is 2. The largest absolute Gasteiger partial charge is 0.458 e. The molecule has 0 aromatic carbocycles. The smallest absolute Gasteiger partial charge is 0.334 e. The topological polar surface area (TPSA) is 79.3 Å². The van der Waals surface area contributed by atoms with Crippen molar-refractivity contribution in [2.75, 3.05) is 0 Å². The number of rotatable bonds is 1. The summed E-state index contributed by atoms with van der Waals surface area (Å²) >= 11 is 6.38. The second-order valence-electron chi connectivity index (χ2n) is 7.08. The first-order valence-corrected chi connectivity index (χ1v) is 7.78. The molecule has 2 aliphatic carbocycles. The highest BCUT2D eigenvalue weighted by Crippen LogP contribution is 2.70. The molecule has 116 valence electrons. The summed E-state index contributed by atoms with van der Waals surface area (Å²) in [5, 5.41) is 20.5. The van der Waals surface area contributed by atoms with E-state index in [4.69, 9.17) is 21.1 Å². The Kier molecular flexibility index (Phi) is 2.55. The number of hydrogen-bond acceptors (Lipinski definition) is 5. The zero-order valence-corrected chi connectivity index (χ0v) is 12.7. The fraction of sp³-hybridized carbons (Fsp3) is 0.800. The summed E-state index contributed by atoms with van der Waals surface area (Å²) in [6, 6.07) is 0. The minimum Gasteiger partial charge on any atom is -0.458 e. The minimum atomic E-state index is -1.20. The number of alkyl halides is 1. The number of esters is 1. The third-order valence-electron chi connectivity index (χ3n) is 6.01. The summed E-state index contributed by atoms with van der Waals surface area (Å²) in [5.74, 6) is -1.22. The van der Waals surface area contributed by atoms with Crippen molar-refractivity contribution >= 4 is 17.6 Å². The Hall–Kier alpha value is -0.620. The first-order valence-electron chi connectivity index (χ1n) is 7.35. The molecule has 9 atom stereocenters. The average molecular weight is 315 g/mol. The van der Waals surface area contributed by atoms with Crippen LogP contribution in [-0.4, -0.2) is 51.1 Å². The van der Waals surface area contributed by atoms with Crippen LogP contribution in [0.1, 0.15) is 20.3 Å². The van der Waals surface area contributed by atoms with E-state index in [0.717, 1.165) is 0 Å². The Bertz CT molecular complexity index is 544. The molecule has 2 N–H and O–H groups in total. The van der Waals surface area contributed by atoms with E-state index in [1.165, 1.54) is 0 Å². The van der Waals surface area contributed by atoms with Crippen LogP contribution < -0.4 is 0 Å². The fourth-order valence-corrected chi connectivity index (χ4v) is 5.40. The van der Waals surface area contributed by atoms with E-state index in [1.807, 2.05) is 0 Å². The molecule has 4 rings (SSSR count). The lowest BCUT2D eigenvalue weighted by atomic mass is 9.62. The maximum absolute atomic E-state index is 11.9. The van der Waals surface area contributed by atoms with Gasteiger partial charge in [-0.25, -0.2) is 4.79 Å². The molecule has 2 saturated heterocycles. The van der Waals surface area contributed by atoms with Crippen molar-refractivity contribution in [1.82, 2.24) is 0 Å². The number of aliphatic hydroxyl groups is 2. The molecule has 0 aromatic heterocycles. The van der Waals surface area contributed by atoms with Gasteiger partial charge in [-0.3, -0.25) is 0 Å². The maximum atomic E-state index is 11.9. The van der Waals surface area contributed by atoms with Gasteiger partial charge in [-0.1, -0.05) is 6.58 Å². The highest BCUT2D eigenvalue weighted by molar-refractivity contribution is 6.22. The van der Waals surface area contributed by atoms with Gasteiger partial charge < -0.3 is 19.7 Å². The summed E-state index contributed by atoms with van der Waals surface area (Å²) in [6.07, 6.45) is -0.810. The summed E-state index contributed by atoms with van der Waals surface area (Å²) in [6.45, 7) is 7.20. The van der Waals surface area contributed by atoms with Crippen LogP contribution in [0.5, 0.6) is 0 Å². The molecule has 6 heteroatoms. The van der Waals surface area contributed by atoms with Gasteiger partial charge in [-0.05, 0) is 20.3 Å². The Morgan fingerprint density at radius 2 is 2.19 bits per heavy atom. The first-order chi connectivity index (χ1) is 9.72. The molecule has 0 amide bonds. The molecule has 5 nitrogen and oxygen atoms in total. The normalized spacial score (nSPS) is 59.1. The third-order valence-corrected chi connectivity index (χ3v) is 6.68. The van der Waals surface area contributed by atoms with Crippen molar-refractivity contribution in [2.45, 2.75) is 55.2 Å². The Balaban J connectivity index is 1.83. The Morgan fingerprint density at radius 3 is 2.81 bits per heavy atom. The van der Waals surface area contributed by atoms with Crippen LogP contribution >= 0.6 is 11.6 Å². The number of aliphatic hydroxyl groups excluding tert-OH is 1. The quantitative estimate of drug-likeness (QED) is 0.321. The lowest BCUT2D eigenvalue weighted by Crippen LogP contribution is -2.58. The average Bonchev–Trinajstić information content (AvgIpc) is 2.98. The minimum absolute atomic E-state index is 0.185. The second-order valence-corrected chi connectivity index (χ2v) is 7.55. The van der Waals surface area contributed by atoms with Gasteiger partial charge in [-0.15, -0.1) is 11.6 Å². The molecule has 2 heterocycles. The van der Waals surface area contributed by atoms with Crippen LogP contribution in [0.4, 0.5) is 0 Å². The maximum Gasteiger partial charge on any atom is 0.334 e. The zero-order valence-electron chi connectivity index (χ0n) is 12.0. The molecule has 1 spiro atoms. The molecule has 2 aliphatic heterocycles.